The van der Waals surface area contributed by atoms with Crippen LogP contribution in [0.2, 0.25) is 0 Å². The average molecular weight is 233 g/mol. The van der Waals surface area contributed by atoms with Gasteiger partial charge in [-0.1, -0.05) is 19.1 Å². The standard InChI is InChI=1S/C12H15N3O2/c1-8(7-16)6-13-12-14-10-5-3-2-4-9(10)11(17)15-12/h2-5,8,16H,6-7H2,1H3,(H2,13,14,15,17). The Morgan fingerprint density at radius 1 is 1.47 bits per heavy atom. The van der Waals surface area contributed by atoms with E-state index in [0.717, 1.165) is 0 Å². The summed E-state index contributed by atoms with van der Waals surface area (Å²) in [5.74, 6) is 0.556. The summed E-state index contributed by atoms with van der Waals surface area (Å²) in [6.07, 6.45) is 0. The molecule has 0 aliphatic carbocycles. The summed E-state index contributed by atoms with van der Waals surface area (Å²) in [7, 11) is 0. The Labute approximate surface area is 98.5 Å². The van der Waals surface area contributed by atoms with Crippen LogP contribution in [0.5, 0.6) is 0 Å². The molecule has 0 aliphatic heterocycles. The Kier molecular flexibility index (Phi) is 3.39. The first-order chi connectivity index (χ1) is 8.20. The minimum absolute atomic E-state index is 0.102. The van der Waals surface area contributed by atoms with Gasteiger partial charge >= 0.3 is 0 Å². The van der Waals surface area contributed by atoms with E-state index in [0.29, 0.717) is 23.4 Å². The van der Waals surface area contributed by atoms with Gasteiger partial charge in [-0.25, -0.2) is 4.98 Å². The number of nitrogens with zero attached hydrogens (tertiary/aromatic N) is 1. The molecule has 0 spiro atoms. The lowest BCUT2D eigenvalue weighted by Gasteiger charge is -2.10. The maximum atomic E-state index is 11.7. The van der Waals surface area contributed by atoms with Crippen molar-refractivity contribution in [3.63, 3.8) is 0 Å². The van der Waals surface area contributed by atoms with Crippen LogP contribution in [-0.4, -0.2) is 28.2 Å². The van der Waals surface area contributed by atoms with E-state index >= 15 is 0 Å². The van der Waals surface area contributed by atoms with Gasteiger partial charge in [0.1, 0.15) is 0 Å². The fourth-order valence-electron chi connectivity index (χ4n) is 1.51. The monoisotopic (exact) mass is 233 g/mol. The van der Waals surface area contributed by atoms with Gasteiger partial charge in [0.05, 0.1) is 10.9 Å². The molecule has 1 aromatic carbocycles. The fourth-order valence-corrected chi connectivity index (χ4v) is 1.51. The molecule has 0 saturated carbocycles. The summed E-state index contributed by atoms with van der Waals surface area (Å²) in [5.41, 5.74) is 0.505. The van der Waals surface area contributed by atoms with Gasteiger partial charge in [-0.05, 0) is 18.1 Å². The van der Waals surface area contributed by atoms with E-state index in [4.69, 9.17) is 5.11 Å². The molecule has 0 saturated heterocycles. The van der Waals surface area contributed by atoms with Crippen molar-refractivity contribution in [3.8, 4) is 0 Å². The lowest BCUT2D eigenvalue weighted by molar-refractivity contribution is 0.244. The predicted octanol–water partition coefficient (Wildman–Crippen LogP) is 0.963. The van der Waals surface area contributed by atoms with Gasteiger partial charge < -0.3 is 10.4 Å². The van der Waals surface area contributed by atoms with Crippen LogP contribution in [0.25, 0.3) is 10.9 Å². The van der Waals surface area contributed by atoms with Crippen LogP contribution in [0.15, 0.2) is 29.1 Å². The third-order valence-electron chi connectivity index (χ3n) is 2.54. The number of hydrogen-bond donors (Lipinski definition) is 3. The number of rotatable bonds is 4. The highest BCUT2D eigenvalue weighted by Gasteiger charge is 2.04. The van der Waals surface area contributed by atoms with Gasteiger partial charge in [0.2, 0.25) is 5.95 Å². The van der Waals surface area contributed by atoms with Crippen molar-refractivity contribution in [3.05, 3.63) is 34.6 Å². The van der Waals surface area contributed by atoms with Crippen LogP contribution in [0.1, 0.15) is 6.92 Å². The second-order valence-electron chi connectivity index (χ2n) is 4.10. The van der Waals surface area contributed by atoms with Gasteiger partial charge in [-0.3, -0.25) is 9.78 Å². The number of fused-ring (bicyclic) bond motifs is 1. The number of para-hydroxylation sites is 1. The first-order valence-corrected chi connectivity index (χ1v) is 5.54. The molecular formula is C12H15N3O2. The Bertz CT molecular complexity index is 565. The van der Waals surface area contributed by atoms with E-state index in [9.17, 15) is 4.79 Å². The second-order valence-corrected chi connectivity index (χ2v) is 4.10. The van der Waals surface area contributed by atoms with Gasteiger partial charge in [-0.2, -0.15) is 0 Å². The molecule has 5 heteroatoms. The highest BCUT2D eigenvalue weighted by molar-refractivity contribution is 5.78. The highest BCUT2D eigenvalue weighted by atomic mass is 16.3. The zero-order valence-corrected chi connectivity index (χ0v) is 9.60. The average Bonchev–Trinajstić information content (AvgIpc) is 2.36. The summed E-state index contributed by atoms with van der Waals surface area (Å²) >= 11 is 0. The number of H-pyrrole nitrogens is 1. The minimum Gasteiger partial charge on any atom is -0.396 e. The van der Waals surface area contributed by atoms with Crippen molar-refractivity contribution in [2.45, 2.75) is 6.92 Å². The van der Waals surface area contributed by atoms with Crippen LogP contribution < -0.4 is 10.9 Å². The summed E-state index contributed by atoms with van der Waals surface area (Å²) in [5, 5.41) is 12.5. The van der Waals surface area contributed by atoms with Crippen LogP contribution in [0.4, 0.5) is 5.95 Å². The molecular weight excluding hydrogens is 218 g/mol. The van der Waals surface area contributed by atoms with Crippen molar-refractivity contribution in [2.75, 3.05) is 18.5 Å². The van der Waals surface area contributed by atoms with E-state index in [2.05, 4.69) is 15.3 Å². The first kappa shape index (κ1) is 11.6. The molecule has 1 atom stereocenters. The Hall–Kier alpha value is -1.88. The molecule has 0 amide bonds. The quantitative estimate of drug-likeness (QED) is 0.735. The number of benzene rings is 1. The molecule has 0 bridgehead atoms. The molecule has 1 heterocycles. The molecule has 2 aromatic rings. The highest BCUT2D eigenvalue weighted by Crippen LogP contribution is 2.08. The molecule has 0 radical (unpaired) electrons. The van der Waals surface area contributed by atoms with E-state index < -0.39 is 0 Å². The molecule has 1 aromatic heterocycles. The number of anilines is 1. The number of aromatic nitrogens is 2. The number of nitrogens with one attached hydrogen (secondary N) is 2. The van der Waals surface area contributed by atoms with Crippen LogP contribution in [0.3, 0.4) is 0 Å². The van der Waals surface area contributed by atoms with Crippen molar-refractivity contribution >= 4 is 16.9 Å². The molecule has 1 unspecified atom stereocenters. The van der Waals surface area contributed by atoms with Gasteiger partial charge in [0.25, 0.3) is 5.56 Å². The summed E-state index contributed by atoms with van der Waals surface area (Å²) in [6.45, 7) is 2.58. The number of aliphatic hydroxyl groups is 1. The third kappa shape index (κ3) is 2.62. The van der Waals surface area contributed by atoms with Crippen molar-refractivity contribution < 1.29 is 5.11 Å². The van der Waals surface area contributed by atoms with Crippen molar-refractivity contribution in [1.29, 1.82) is 0 Å². The minimum atomic E-state index is -0.158. The van der Waals surface area contributed by atoms with Gasteiger partial charge in [-0.15, -0.1) is 0 Å². The SMILES string of the molecule is CC(CO)CNc1nc2ccccc2c(=O)[nH]1. The first-order valence-electron chi connectivity index (χ1n) is 5.54. The maximum Gasteiger partial charge on any atom is 0.260 e. The van der Waals surface area contributed by atoms with Crippen LogP contribution in [0, 0.1) is 5.92 Å². The lowest BCUT2D eigenvalue weighted by atomic mass is 10.2. The predicted molar refractivity (Wildman–Crippen MR) is 67.1 cm³/mol. The van der Waals surface area contributed by atoms with Crippen molar-refractivity contribution in [1.82, 2.24) is 9.97 Å². The van der Waals surface area contributed by atoms with E-state index in [1.54, 1.807) is 18.2 Å². The molecule has 2 rings (SSSR count). The molecule has 0 fully saturated rings. The van der Waals surface area contributed by atoms with Crippen molar-refractivity contribution in [2.24, 2.45) is 5.92 Å². The Morgan fingerprint density at radius 3 is 3.00 bits per heavy atom. The molecule has 3 N–H and O–H groups in total. The number of aliphatic hydroxyl groups excluding tert-OH is 1. The zero-order chi connectivity index (χ0) is 12.3. The number of aromatic amines is 1. The van der Waals surface area contributed by atoms with Crippen LogP contribution in [-0.2, 0) is 0 Å². The van der Waals surface area contributed by atoms with Gasteiger partial charge in [0, 0.05) is 13.2 Å². The number of hydrogen-bond acceptors (Lipinski definition) is 4. The smallest absolute Gasteiger partial charge is 0.260 e. The topological polar surface area (TPSA) is 78.0 Å². The summed E-state index contributed by atoms with van der Waals surface area (Å²) in [6, 6.07) is 7.18. The van der Waals surface area contributed by atoms with E-state index in [-0.39, 0.29) is 18.1 Å². The fraction of sp³-hybridized carbons (Fsp3) is 0.333. The van der Waals surface area contributed by atoms with E-state index in [1.807, 2.05) is 13.0 Å². The normalized spacial score (nSPS) is 12.6. The Morgan fingerprint density at radius 2 is 2.24 bits per heavy atom. The lowest BCUT2D eigenvalue weighted by Crippen LogP contribution is -2.19. The molecule has 17 heavy (non-hydrogen) atoms. The van der Waals surface area contributed by atoms with E-state index in [1.165, 1.54) is 0 Å². The largest absolute Gasteiger partial charge is 0.396 e. The van der Waals surface area contributed by atoms with Crippen LogP contribution >= 0.6 is 0 Å². The summed E-state index contributed by atoms with van der Waals surface area (Å²) < 4.78 is 0. The molecule has 0 aliphatic rings. The summed E-state index contributed by atoms with van der Waals surface area (Å²) in [4.78, 5) is 18.7. The molecule has 90 valence electrons. The van der Waals surface area contributed by atoms with Gasteiger partial charge in [0.15, 0.2) is 0 Å². The zero-order valence-electron chi connectivity index (χ0n) is 9.60. The molecule has 5 nitrogen and oxygen atoms in total. The second kappa shape index (κ2) is 4.97. The maximum absolute atomic E-state index is 11.7. The Balaban J connectivity index is 2.28. The third-order valence-corrected chi connectivity index (χ3v) is 2.54.